The van der Waals surface area contributed by atoms with Gasteiger partial charge in [-0.2, -0.15) is 0 Å². The van der Waals surface area contributed by atoms with Crippen molar-refractivity contribution in [2.45, 2.75) is 25.2 Å². The van der Waals surface area contributed by atoms with Gasteiger partial charge in [-0.25, -0.2) is 13.1 Å². The number of nitrogens with zero attached hydrogens (tertiary/aromatic N) is 1. The molecule has 100 valence electrons. The molecule has 0 unspecified atom stereocenters. The maximum atomic E-state index is 11.9. The molecular weight excluding hydrogens is 280 g/mol. The summed E-state index contributed by atoms with van der Waals surface area (Å²) >= 11 is 5.69. The van der Waals surface area contributed by atoms with E-state index in [0.29, 0.717) is 12.0 Å². The van der Waals surface area contributed by atoms with E-state index in [9.17, 15) is 18.5 Å². The smallest absolute Gasteiger partial charge is 0.258 e. The zero-order valence-corrected chi connectivity index (χ0v) is 11.5. The Morgan fingerprint density at radius 2 is 2.06 bits per heavy atom. The molecule has 0 saturated heterocycles. The van der Waals surface area contributed by atoms with Crippen LogP contribution in [0.3, 0.4) is 0 Å². The number of nitro benzene ring substituents is 1. The second-order valence-electron chi connectivity index (χ2n) is 3.72. The fourth-order valence-electron chi connectivity index (χ4n) is 1.39. The van der Waals surface area contributed by atoms with E-state index >= 15 is 0 Å². The largest absolute Gasteiger partial charge is 0.289 e. The average Bonchev–Trinajstić information content (AvgIpc) is 2.25. The van der Waals surface area contributed by atoms with Gasteiger partial charge in [0.1, 0.15) is 5.02 Å². The maximum absolute atomic E-state index is 11.9. The summed E-state index contributed by atoms with van der Waals surface area (Å²) in [4.78, 5) is 9.91. The lowest BCUT2D eigenvalue weighted by atomic mass is 10.2. The van der Waals surface area contributed by atoms with E-state index in [2.05, 4.69) is 4.72 Å². The zero-order valence-electron chi connectivity index (χ0n) is 9.94. The third-order valence-corrected chi connectivity index (χ3v) is 4.18. The quantitative estimate of drug-likeness (QED) is 0.666. The molecule has 0 spiro atoms. The van der Waals surface area contributed by atoms with Crippen LogP contribution in [-0.2, 0) is 10.0 Å². The molecule has 6 nitrogen and oxygen atoms in total. The fourth-order valence-corrected chi connectivity index (χ4v) is 3.05. The number of hydrogen-bond donors (Lipinski definition) is 1. The van der Waals surface area contributed by atoms with Crippen molar-refractivity contribution in [3.63, 3.8) is 0 Å². The lowest BCUT2D eigenvalue weighted by molar-refractivity contribution is -0.384. The number of benzene rings is 1. The summed E-state index contributed by atoms with van der Waals surface area (Å²) in [5, 5.41) is 10.7. The molecule has 1 rings (SSSR count). The van der Waals surface area contributed by atoms with E-state index in [1.54, 1.807) is 0 Å². The van der Waals surface area contributed by atoms with Crippen molar-refractivity contribution in [2.75, 3.05) is 6.54 Å². The van der Waals surface area contributed by atoms with Crippen LogP contribution in [0.25, 0.3) is 0 Å². The first kappa shape index (κ1) is 14.9. The van der Waals surface area contributed by atoms with Crippen LogP contribution in [0.2, 0.25) is 5.02 Å². The molecule has 1 aromatic rings. The first-order valence-electron chi connectivity index (χ1n) is 5.23. The highest BCUT2D eigenvalue weighted by Gasteiger charge is 2.22. The third kappa shape index (κ3) is 3.18. The summed E-state index contributed by atoms with van der Waals surface area (Å²) in [7, 11) is -3.74. The van der Waals surface area contributed by atoms with Gasteiger partial charge in [0, 0.05) is 12.6 Å². The summed E-state index contributed by atoms with van der Waals surface area (Å²) in [6.45, 7) is 3.63. The number of hydrogen-bond acceptors (Lipinski definition) is 4. The second kappa shape index (κ2) is 5.64. The van der Waals surface area contributed by atoms with Crippen LogP contribution >= 0.6 is 11.6 Å². The van der Waals surface area contributed by atoms with E-state index in [1.165, 1.54) is 13.0 Å². The van der Waals surface area contributed by atoms with Crippen LogP contribution in [-0.4, -0.2) is 19.9 Å². The van der Waals surface area contributed by atoms with Gasteiger partial charge in [-0.05, 0) is 25.0 Å². The van der Waals surface area contributed by atoms with E-state index in [-0.39, 0.29) is 16.5 Å². The Balaban J connectivity index is 3.33. The summed E-state index contributed by atoms with van der Waals surface area (Å²) in [5.41, 5.74) is -0.0478. The average molecular weight is 293 g/mol. The number of aryl methyl sites for hydroxylation is 1. The van der Waals surface area contributed by atoms with Gasteiger partial charge < -0.3 is 0 Å². The van der Waals surface area contributed by atoms with Gasteiger partial charge in [-0.1, -0.05) is 18.5 Å². The highest BCUT2D eigenvalue weighted by Crippen LogP contribution is 2.29. The molecule has 0 fully saturated rings. The van der Waals surface area contributed by atoms with Crippen molar-refractivity contribution in [3.05, 3.63) is 32.8 Å². The van der Waals surface area contributed by atoms with E-state index in [4.69, 9.17) is 11.6 Å². The standard InChI is InChI=1S/C10H13ClN2O4S/c1-3-4-12-18(16,17)10-6-9(13(14)15)8(11)5-7(10)2/h5-6,12H,3-4H2,1-2H3. The summed E-state index contributed by atoms with van der Waals surface area (Å²) in [6, 6.07) is 2.26. The first-order chi connectivity index (χ1) is 8.29. The van der Waals surface area contributed by atoms with Gasteiger partial charge in [0.25, 0.3) is 5.69 Å². The molecule has 0 atom stereocenters. The van der Waals surface area contributed by atoms with Crippen molar-refractivity contribution >= 4 is 27.3 Å². The topological polar surface area (TPSA) is 89.3 Å². The molecule has 1 N–H and O–H groups in total. The Hall–Kier alpha value is -1.18. The molecule has 1 aromatic carbocycles. The first-order valence-corrected chi connectivity index (χ1v) is 7.10. The number of nitro groups is 1. The van der Waals surface area contributed by atoms with E-state index in [1.807, 2.05) is 6.92 Å². The van der Waals surface area contributed by atoms with Crippen molar-refractivity contribution in [1.82, 2.24) is 4.72 Å². The minimum atomic E-state index is -3.74. The number of halogens is 1. The predicted molar refractivity (Wildman–Crippen MR) is 68.3 cm³/mol. The predicted octanol–water partition coefficient (Wildman–Crippen LogP) is 2.24. The fraction of sp³-hybridized carbons (Fsp3) is 0.400. The molecule has 0 amide bonds. The molecular formula is C10H13ClN2O4S. The molecule has 0 aliphatic heterocycles. The monoisotopic (exact) mass is 292 g/mol. The molecule has 8 heteroatoms. The SMILES string of the molecule is CCCNS(=O)(=O)c1cc([N+](=O)[O-])c(Cl)cc1C. The molecule has 0 heterocycles. The highest BCUT2D eigenvalue weighted by atomic mass is 35.5. The molecule has 0 bridgehead atoms. The Morgan fingerprint density at radius 3 is 2.56 bits per heavy atom. The third-order valence-electron chi connectivity index (χ3n) is 2.27. The molecule has 0 radical (unpaired) electrons. The molecule has 18 heavy (non-hydrogen) atoms. The second-order valence-corrected chi connectivity index (χ2v) is 5.87. The Bertz CT molecular complexity index is 571. The number of rotatable bonds is 5. The lowest BCUT2D eigenvalue weighted by Gasteiger charge is -2.09. The Labute approximate surface area is 110 Å². The van der Waals surface area contributed by atoms with Crippen molar-refractivity contribution in [3.8, 4) is 0 Å². The molecule has 0 saturated carbocycles. The summed E-state index contributed by atoms with van der Waals surface area (Å²) < 4.78 is 26.2. The van der Waals surface area contributed by atoms with Gasteiger partial charge in [0.2, 0.25) is 10.0 Å². The molecule has 0 aromatic heterocycles. The minimum Gasteiger partial charge on any atom is -0.258 e. The van der Waals surface area contributed by atoms with E-state index < -0.39 is 20.6 Å². The van der Waals surface area contributed by atoms with Crippen molar-refractivity contribution in [1.29, 1.82) is 0 Å². The minimum absolute atomic E-state index is 0.0769. The Morgan fingerprint density at radius 1 is 1.44 bits per heavy atom. The van der Waals surface area contributed by atoms with Gasteiger partial charge in [-0.15, -0.1) is 0 Å². The van der Waals surface area contributed by atoms with Crippen LogP contribution < -0.4 is 4.72 Å². The number of sulfonamides is 1. The van der Waals surface area contributed by atoms with Gasteiger partial charge in [0.15, 0.2) is 0 Å². The summed E-state index contributed by atoms with van der Waals surface area (Å²) in [6.07, 6.45) is 0.633. The number of nitrogens with one attached hydrogen (secondary N) is 1. The summed E-state index contributed by atoms with van der Waals surface area (Å²) in [5.74, 6) is 0. The van der Waals surface area contributed by atoms with Crippen molar-refractivity contribution < 1.29 is 13.3 Å². The van der Waals surface area contributed by atoms with Crippen LogP contribution in [0.4, 0.5) is 5.69 Å². The van der Waals surface area contributed by atoms with Gasteiger partial charge in [-0.3, -0.25) is 10.1 Å². The van der Waals surface area contributed by atoms with Crippen LogP contribution in [0.15, 0.2) is 17.0 Å². The van der Waals surface area contributed by atoms with Gasteiger partial charge >= 0.3 is 0 Å². The molecule has 0 aliphatic carbocycles. The highest BCUT2D eigenvalue weighted by molar-refractivity contribution is 7.89. The zero-order chi connectivity index (χ0) is 13.9. The lowest BCUT2D eigenvalue weighted by Crippen LogP contribution is -2.25. The normalized spacial score (nSPS) is 11.5. The molecule has 0 aliphatic rings. The van der Waals surface area contributed by atoms with Crippen LogP contribution in [0.5, 0.6) is 0 Å². The van der Waals surface area contributed by atoms with Crippen LogP contribution in [0.1, 0.15) is 18.9 Å². The maximum Gasteiger partial charge on any atom is 0.289 e. The Kier molecular flexibility index (Phi) is 4.66. The van der Waals surface area contributed by atoms with Gasteiger partial charge in [0.05, 0.1) is 9.82 Å². The van der Waals surface area contributed by atoms with Crippen LogP contribution in [0, 0.1) is 17.0 Å². The van der Waals surface area contributed by atoms with E-state index in [0.717, 1.165) is 6.07 Å². The van der Waals surface area contributed by atoms with Crippen molar-refractivity contribution in [2.24, 2.45) is 0 Å².